The Labute approximate surface area is 67.8 Å². The zero-order valence-electron chi connectivity index (χ0n) is 6.17. The van der Waals surface area contributed by atoms with Crippen molar-refractivity contribution in [1.82, 2.24) is 4.98 Å². The molecule has 12 heavy (non-hydrogen) atoms. The highest BCUT2D eigenvalue weighted by Crippen LogP contribution is 2.11. The number of aliphatic hydroxyl groups excluding tert-OH is 1. The number of aromatic nitrogens is 1. The van der Waals surface area contributed by atoms with E-state index < -0.39 is 24.3 Å². The molecular weight excluding hydrogens is 166 g/mol. The number of rotatable bonds is 2. The fourth-order valence-corrected chi connectivity index (χ4v) is 0.784. The Kier molecular flexibility index (Phi) is 2.67. The molecule has 0 radical (unpaired) electrons. The zero-order chi connectivity index (χ0) is 9.14. The van der Waals surface area contributed by atoms with Crippen LogP contribution in [0.4, 0.5) is 8.78 Å². The lowest BCUT2D eigenvalue weighted by molar-refractivity contribution is 0.262. The summed E-state index contributed by atoms with van der Waals surface area (Å²) in [6.07, 6.45) is 0.855. The SMILES string of the molecule is N[C@@H](CO)c1ncc(F)cc1F. The molecule has 1 heterocycles. The van der Waals surface area contributed by atoms with Crippen LogP contribution < -0.4 is 5.73 Å². The maximum atomic E-state index is 12.8. The van der Waals surface area contributed by atoms with Crippen molar-refractivity contribution in [2.75, 3.05) is 6.61 Å². The van der Waals surface area contributed by atoms with Gasteiger partial charge in [-0.05, 0) is 0 Å². The van der Waals surface area contributed by atoms with Crippen molar-refractivity contribution in [1.29, 1.82) is 0 Å². The number of nitrogens with two attached hydrogens (primary N) is 1. The molecule has 1 rings (SSSR count). The average molecular weight is 174 g/mol. The summed E-state index contributed by atoms with van der Waals surface area (Å²) in [7, 11) is 0. The number of aliphatic hydroxyl groups is 1. The van der Waals surface area contributed by atoms with Crippen LogP contribution in [0.25, 0.3) is 0 Å². The molecule has 0 amide bonds. The van der Waals surface area contributed by atoms with Crippen LogP contribution >= 0.6 is 0 Å². The van der Waals surface area contributed by atoms with Gasteiger partial charge < -0.3 is 10.8 Å². The van der Waals surface area contributed by atoms with Crippen LogP contribution in [0.2, 0.25) is 0 Å². The van der Waals surface area contributed by atoms with E-state index >= 15 is 0 Å². The topological polar surface area (TPSA) is 59.1 Å². The Morgan fingerprint density at radius 3 is 2.75 bits per heavy atom. The average Bonchev–Trinajstić information content (AvgIpc) is 2.03. The van der Waals surface area contributed by atoms with E-state index in [1.54, 1.807) is 0 Å². The highest BCUT2D eigenvalue weighted by molar-refractivity contribution is 5.12. The molecule has 1 aromatic rings. The minimum absolute atomic E-state index is 0.126. The predicted octanol–water partition coefficient (Wildman–Crippen LogP) is 0.352. The van der Waals surface area contributed by atoms with Crippen molar-refractivity contribution in [2.45, 2.75) is 6.04 Å². The van der Waals surface area contributed by atoms with Crippen LogP contribution in [0.15, 0.2) is 12.3 Å². The molecule has 1 aromatic heterocycles. The van der Waals surface area contributed by atoms with Gasteiger partial charge >= 0.3 is 0 Å². The standard InChI is InChI=1S/C7H8F2N2O/c8-4-1-5(9)7(11-2-4)6(10)3-12/h1-2,6,12H,3,10H2/t6-/m0/s1. The van der Waals surface area contributed by atoms with Gasteiger partial charge in [0.15, 0.2) is 0 Å². The van der Waals surface area contributed by atoms with Crippen molar-refractivity contribution in [3.63, 3.8) is 0 Å². The number of halogens is 2. The van der Waals surface area contributed by atoms with Crippen molar-refractivity contribution in [2.24, 2.45) is 5.73 Å². The molecule has 0 aromatic carbocycles. The van der Waals surface area contributed by atoms with E-state index in [4.69, 9.17) is 10.8 Å². The Balaban J connectivity index is 3.01. The third-order valence-electron chi connectivity index (χ3n) is 1.38. The zero-order valence-corrected chi connectivity index (χ0v) is 6.17. The Bertz CT molecular complexity index is 280. The van der Waals surface area contributed by atoms with E-state index in [0.717, 1.165) is 6.20 Å². The molecule has 0 spiro atoms. The lowest BCUT2D eigenvalue weighted by Crippen LogP contribution is -2.17. The van der Waals surface area contributed by atoms with E-state index in [-0.39, 0.29) is 5.69 Å². The largest absolute Gasteiger partial charge is 0.394 e. The van der Waals surface area contributed by atoms with E-state index in [1.165, 1.54) is 0 Å². The summed E-state index contributed by atoms with van der Waals surface area (Å²) in [6, 6.07) is -0.219. The summed E-state index contributed by atoms with van der Waals surface area (Å²) in [4.78, 5) is 3.41. The molecule has 0 aliphatic rings. The normalized spacial score (nSPS) is 13.0. The van der Waals surface area contributed by atoms with Gasteiger partial charge in [0.1, 0.15) is 11.6 Å². The molecule has 1 atom stereocenters. The lowest BCUT2D eigenvalue weighted by Gasteiger charge is -2.07. The smallest absolute Gasteiger partial charge is 0.149 e. The fourth-order valence-electron chi connectivity index (χ4n) is 0.784. The summed E-state index contributed by atoms with van der Waals surface area (Å²) in [6.45, 7) is -0.421. The molecule has 3 nitrogen and oxygen atoms in total. The van der Waals surface area contributed by atoms with Gasteiger partial charge in [-0.15, -0.1) is 0 Å². The van der Waals surface area contributed by atoms with Gasteiger partial charge in [0.05, 0.1) is 24.5 Å². The quantitative estimate of drug-likeness (QED) is 0.680. The Hall–Kier alpha value is -1.07. The van der Waals surface area contributed by atoms with Crippen LogP contribution in [0.3, 0.4) is 0 Å². The van der Waals surface area contributed by atoms with Crippen LogP contribution in [-0.4, -0.2) is 16.7 Å². The molecule has 0 aliphatic carbocycles. The second kappa shape index (κ2) is 3.55. The summed E-state index contributed by atoms with van der Waals surface area (Å²) in [5, 5.41) is 8.56. The van der Waals surface area contributed by atoms with Crippen LogP contribution in [0, 0.1) is 11.6 Å². The second-order valence-corrected chi connectivity index (χ2v) is 2.31. The Morgan fingerprint density at radius 2 is 2.25 bits per heavy atom. The van der Waals surface area contributed by atoms with Gasteiger partial charge in [0, 0.05) is 6.07 Å². The number of hydrogen-bond donors (Lipinski definition) is 2. The maximum absolute atomic E-state index is 12.8. The van der Waals surface area contributed by atoms with Crippen LogP contribution in [0.5, 0.6) is 0 Å². The van der Waals surface area contributed by atoms with E-state index in [9.17, 15) is 8.78 Å². The van der Waals surface area contributed by atoms with E-state index in [1.807, 2.05) is 0 Å². The molecule has 0 saturated carbocycles. The summed E-state index contributed by atoms with van der Waals surface area (Å²) in [5.41, 5.74) is 5.14. The van der Waals surface area contributed by atoms with Gasteiger partial charge in [-0.3, -0.25) is 4.98 Å². The fraction of sp³-hybridized carbons (Fsp3) is 0.286. The van der Waals surface area contributed by atoms with Gasteiger partial charge in [-0.1, -0.05) is 0 Å². The monoisotopic (exact) mass is 174 g/mol. The van der Waals surface area contributed by atoms with Crippen molar-refractivity contribution < 1.29 is 13.9 Å². The molecule has 3 N–H and O–H groups in total. The first kappa shape index (κ1) is 9.02. The highest BCUT2D eigenvalue weighted by Gasteiger charge is 2.12. The minimum Gasteiger partial charge on any atom is -0.394 e. The number of nitrogens with zero attached hydrogens (tertiary/aromatic N) is 1. The van der Waals surface area contributed by atoms with Crippen LogP contribution in [-0.2, 0) is 0 Å². The minimum atomic E-state index is -0.898. The third-order valence-corrected chi connectivity index (χ3v) is 1.38. The first-order valence-electron chi connectivity index (χ1n) is 3.32. The van der Waals surface area contributed by atoms with Gasteiger partial charge in [-0.2, -0.15) is 0 Å². The van der Waals surface area contributed by atoms with Crippen molar-refractivity contribution >= 4 is 0 Å². The molecule has 0 aliphatic heterocycles. The van der Waals surface area contributed by atoms with E-state index in [2.05, 4.69) is 4.98 Å². The summed E-state index contributed by atoms with van der Waals surface area (Å²) in [5.74, 6) is -1.60. The Morgan fingerprint density at radius 1 is 1.58 bits per heavy atom. The molecular formula is C7H8F2N2O. The molecule has 0 unspecified atom stereocenters. The van der Waals surface area contributed by atoms with Gasteiger partial charge in [0.25, 0.3) is 0 Å². The molecule has 5 heteroatoms. The third kappa shape index (κ3) is 1.75. The van der Waals surface area contributed by atoms with Crippen molar-refractivity contribution in [3.8, 4) is 0 Å². The summed E-state index contributed by atoms with van der Waals surface area (Å²) < 4.78 is 25.1. The number of pyridine rings is 1. The van der Waals surface area contributed by atoms with Crippen LogP contribution in [0.1, 0.15) is 11.7 Å². The maximum Gasteiger partial charge on any atom is 0.149 e. The van der Waals surface area contributed by atoms with Gasteiger partial charge in [0.2, 0.25) is 0 Å². The molecule has 0 bridgehead atoms. The summed E-state index contributed by atoms with van der Waals surface area (Å²) >= 11 is 0. The van der Waals surface area contributed by atoms with E-state index in [0.29, 0.717) is 6.07 Å². The van der Waals surface area contributed by atoms with Crippen molar-refractivity contribution in [3.05, 3.63) is 29.6 Å². The molecule has 66 valence electrons. The van der Waals surface area contributed by atoms with Gasteiger partial charge in [-0.25, -0.2) is 8.78 Å². The lowest BCUT2D eigenvalue weighted by atomic mass is 10.2. The first-order chi connectivity index (χ1) is 5.65. The molecule has 0 saturated heterocycles. The highest BCUT2D eigenvalue weighted by atomic mass is 19.1. The first-order valence-corrected chi connectivity index (χ1v) is 3.32. The second-order valence-electron chi connectivity index (χ2n) is 2.31. The predicted molar refractivity (Wildman–Crippen MR) is 38.2 cm³/mol. The number of hydrogen-bond acceptors (Lipinski definition) is 3. The molecule has 0 fully saturated rings.